The van der Waals surface area contributed by atoms with E-state index in [9.17, 15) is 42.3 Å². The smallest absolute Gasteiger partial charge is 0.343 e. The summed E-state index contributed by atoms with van der Waals surface area (Å²) in [6.45, 7) is 9.22. The Morgan fingerprint density at radius 1 is 1.01 bits per heavy atom. The molecule has 0 aliphatic carbocycles. The number of aryl methyl sites for hydroxylation is 1. The SMILES string of the molecule is CC[C@@]1(O)C(=O)OCc2c1cc1n(c2=O)Cc2c-1nc1cc(F)c(C)cc1c2/C=C/CNC(=O)CNC(=O)C1(NC(=O)[C@@H](NC(=O)CCCC#Cc2cnc(S(C)(=O)=O)nc2)C(C)C)CCN(C2CCN(C)CC2)CC1. The maximum atomic E-state index is 15.0. The van der Waals surface area contributed by atoms with E-state index in [0.717, 1.165) is 32.2 Å². The zero-order valence-corrected chi connectivity index (χ0v) is 44.5. The number of carbonyl (C=O) groups excluding carboxylic acids is 5. The molecule has 0 bridgehead atoms. The molecule has 20 nitrogen and oxygen atoms in total. The van der Waals surface area contributed by atoms with Gasteiger partial charge in [-0.25, -0.2) is 32.6 Å². The van der Waals surface area contributed by atoms with Crippen LogP contribution < -0.4 is 26.8 Å². The van der Waals surface area contributed by atoms with Gasteiger partial charge in [0.05, 0.1) is 41.1 Å². The van der Waals surface area contributed by atoms with Crippen molar-refractivity contribution in [1.29, 1.82) is 0 Å². The molecule has 4 aliphatic rings. The molecule has 76 heavy (non-hydrogen) atoms. The van der Waals surface area contributed by atoms with E-state index in [1.54, 1.807) is 52.0 Å². The number of rotatable bonds is 16. The van der Waals surface area contributed by atoms with E-state index in [-0.39, 0.29) is 73.5 Å². The number of benzene rings is 1. The van der Waals surface area contributed by atoms with Gasteiger partial charge in [0.15, 0.2) is 5.60 Å². The number of hydrogen-bond donors (Lipinski definition) is 5. The molecule has 404 valence electrons. The Labute approximate surface area is 440 Å². The molecule has 0 unspecified atom stereocenters. The van der Waals surface area contributed by atoms with Crippen LogP contribution in [-0.4, -0.2) is 143 Å². The number of aliphatic hydroxyl groups is 1. The standard InChI is InChI=1S/C54H65FN10O10S/c1-7-54(72)40-25-43-47-38(30-65(43)49(69)39(40)31-75-51(54)71)36(37-24-33(4)41(55)26-42(37)60-47)13-11-19-56-45(67)29-57-50(70)53(17-22-64(23-18-53)35-15-20-63(5)21-16-35)62-48(68)46(32(2)3)61-44(66)14-10-8-9-12-34-27-58-52(59-28-34)76(6,73)74/h11,13,24-28,32,35,46,72H,7-8,10,14-23,29-31H2,1-6H3,(H,56,67)(H,57,70)(H,61,66)(H,62,68)/b13-11+/t46-,54-/m0/s1. The lowest BCUT2D eigenvalue weighted by Gasteiger charge is -2.45. The summed E-state index contributed by atoms with van der Waals surface area (Å²) < 4.78 is 45.1. The fourth-order valence-corrected chi connectivity index (χ4v) is 10.9. The molecule has 0 saturated carbocycles. The Bertz CT molecular complexity index is 3230. The van der Waals surface area contributed by atoms with Crippen molar-refractivity contribution in [3.8, 4) is 23.2 Å². The summed E-state index contributed by atoms with van der Waals surface area (Å²) in [5, 5.41) is 23.1. The second-order valence-corrected chi connectivity index (χ2v) is 22.5. The van der Waals surface area contributed by atoms with Crippen molar-refractivity contribution in [3.63, 3.8) is 0 Å². The predicted octanol–water partition coefficient (Wildman–Crippen LogP) is 2.37. The minimum atomic E-state index is -3.55. The zero-order valence-electron chi connectivity index (χ0n) is 43.7. The molecule has 5 N–H and O–H groups in total. The van der Waals surface area contributed by atoms with Gasteiger partial charge in [-0.15, -0.1) is 0 Å². The van der Waals surface area contributed by atoms with Crippen molar-refractivity contribution in [2.45, 2.75) is 121 Å². The number of piperidine rings is 2. The van der Waals surface area contributed by atoms with E-state index < -0.39 is 68.6 Å². The molecule has 2 atom stereocenters. The number of likely N-dealkylation sites (tertiary alicyclic amines) is 2. The highest BCUT2D eigenvalue weighted by atomic mass is 32.2. The van der Waals surface area contributed by atoms with Gasteiger partial charge in [-0.2, -0.15) is 0 Å². The summed E-state index contributed by atoms with van der Waals surface area (Å²) in [7, 11) is -1.46. The number of unbranched alkanes of at least 4 members (excludes halogenated alkanes) is 1. The van der Waals surface area contributed by atoms with E-state index in [0.29, 0.717) is 76.5 Å². The normalized spacial score (nSPS) is 19.0. The molecule has 4 aromatic rings. The quantitative estimate of drug-likeness (QED) is 0.0411. The molecular weight excluding hydrogens is 1000 g/mol. The highest BCUT2D eigenvalue weighted by Gasteiger charge is 2.47. The third kappa shape index (κ3) is 11.7. The highest BCUT2D eigenvalue weighted by molar-refractivity contribution is 7.90. The number of carbonyl (C=O) groups is 5. The van der Waals surface area contributed by atoms with Gasteiger partial charge in [0.1, 0.15) is 24.0 Å². The van der Waals surface area contributed by atoms with Crippen LogP contribution in [0.3, 0.4) is 0 Å². The largest absolute Gasteiger partial charge is 0.458 e. The Kier molecular flexibility index (Phi) is 16.5. The molecular formula is C54H65FN10O10S. The first kappa shape index (κ1) is 55.3. The number of hydrogen-bond acceptors (Lipinski definition) is 15. The van der Waals surface area contributed by atoms with Crippen molar-refractivity contribution in [2.75, 3.05) is 52.6 Å². The lowest BCUT2D eigenvalue weighted by Crippen LogP contribution is -2.67. The Morgan fingerprint density at radius 2 is 1.72 bits per heavy atom. The molecule has 4 aliphatic heterocycles. The van der Waals surface area contributed by atoms with Gasteiger partial charge < -0.3 is 45.5 Å². The van der Waals surface area contributed by atoms with Crippen LogP contribution in [0.15, 0.2) is 46.6 Å². The third-order valence-electron chi connectivity index (χ3n) is 14.9. The number of sulfone groups is 1. The zero-order chi connectivity index (χ0) is 54.7. The van der Waals surface area contributed by atoms with Crippen LogP contribution in [0.1, 0.15) is 106 Å². The molecule has 0 spiro atoms. The molecule has 22 heteroatoms. The predicted molar refractivity (Wildman–Crippen MR) is 279 cm³/mol. The number of aromatic nitrogens is 4. The number of esters is 1. The van der Waals surface area contributed by atoms with Crippen LogP contribution in [-0.2, 0) is 57.3 Å². The molecule has 4 amide bonds. The topological polar surface area (TPSA) is 264 Å². The minimum Gasteiger partial charge on any atom is -0.458 e. The number of cyclic esters (lactones) is 1. The van der Waals surface area contributed by atoms with Gasteiger partial charge >= 0.3 is 5.97 Å². The maximum Gasteiger partial charge on any atom is 0.343 e. The highest BCUT2D eigenvalue weighted by Crippen LogP contribution is 2.41. The van der Waals surface area contributed by atoms with Crippen LogP contribution in [0.2, 0.25) is 0 Å². The number of nitrogens with zero attached hydrogens (tertiary/aromatic N) is 6. The van der Waals surface area contributed by atoms with Gasteiger partial charge in [0.25, 0.3) is 5.56 Å². The monoisotopic (exact) mass is 1060 g/mol. The molecule has 2 saturated heterocycles. The summed E-state index contributed by atoms with van der Waals surface area (Å²) in [6, 6.07) is 3.92. The van der Waals surface area contributed by atoms with Crippen LogP contribution in [0.5, 0.6) is 0 Å². The van der Waals surface area contributed by atoms with Gasteiger partial charge in [0.2, 0.25) is 38.6 Å². The number of nitrogens with one attached hydrogen (secondary N) is 4. The van der Waals surface area contributed by atoms with Gasteiger partial charge in [-0.05, 0) is 94.8 Å². The van der Waals surface area contributed by atoms with Crippen molar-refractivity contribution in [1.82, 2.24) is 50.6 Å². The molecule has 1 aromatic carbocycles. The first-order chi connectivity index (χ1) is 36.1. The Hall–Kier alpha value is -6.93. The van der Waals surface area contributed by atoms with Crippen LogP contribution in [0.4, 0.5) is 4.39 Å². The number of pyridine rings is 2. The third-order valence-corrected chi connectivity index (χ3v) is 15.8. The Balaban J connectivity index is 0.926. The summed E-state index contributed by atoms with van der Waals surface area (Å²) >= 11 is 0. The Morgan fingerprint density at radius 3 is 2.39 bits per heavy atom. The van der Waals surface area contributed by atoms with Gasteiger partial charge in [0, 0.05) is 79.7 Å². The number of halogens is 1. The number of amides is 4. The van der Waals surface area contributed by atoms with Crippen molar-refractivity contribution in [3.05, 3.63) is 86.2 Å². The lowest BCUT2D eigenvalue weighted by atomic mass is 9.84. The lowest BCUT2D eigenvalue weighted by molar-refractivity contribution is -0.172. The fourth-order valence-electron chi connectivity index (χ4n) is 10.4. The van der Waals surface area contributed by atoms with Gasteiger partial charge in [-0.3, -0.25) is 24.0 Å². The summed E-state index contributed by atoms with van der Waals surface area (Å²) in [6.07, 6.45) is 10.4. The summed E-state index contributed by atoms with van der Waals surface area (Å²) in [4.78, 5) is 98.9. The molecule has 7 heterocycles. The second-order valence-electron chi connectivity index (χ2n) is 20.6. The van der Waals surface area contributed by atoms with E-state index in [1.807, 2.05) is 0 Å². The molecule has 8 rings (SSSR count). The molecule has 0 radical (unpaired) electrons. The minimum absolute atomic E-state index is 0.0173. The average Bonchev–Trinajstić information content (AvgIpc) is 3.82. The van der Waals surface area contributed by atoms with Crippen LogP contribution >= 0.6 is 0 Å². The first-order valence-electron chi connectivity index (χ1n) is 25.7. The van der Waals surface area contributed by atoms with Crippen molar-refractivity contribution < 1.29 is 46.6 Å². The van der Waals surface area contributed by atoms with E-state index in [1.165, 1.54) is 23.0 Å². The van der Waals surface area contributed by atoms with Crippen LogP contribution in [0, 0.1) is 30.5 Å². The number of ether oxygens (including phenoxy) is 1. The molecule has 2 fully saturated rings. The number of fused-ring (bicyclic) bond motifs is 5. The fraction of sp³-hybridized carbons (Fsp3) is 0.500. The second kappa shape index (κ2) is 22.7. The van der Waals surface area contributed by atoms with E-state index in [4.69, 9.17) is 9.72 Å². The first-order valence-corrected chi connectivity index (χ1v) is 27.6. The summed E-state index contributed by atoms with van der Waals surface area (Å²) in [5.74, 6) is 2.18. The van der Waals surface area contributed by atoms with E-state index in [2.05, 4.69) is 59.9 Å². The van der Waals surface area contributed by atoms with E-state index >= 15 is 4.39 Å². The van der Waals surface area contributed by atoms with Crippen molar-refractivity contribution in [2.24, 2.45) is 5.92 Å². The van der Waals surface area contributed by atoms with Crippen molar-refractivity contribution >= 4 is 56.4 Å². The summed E-state index contributed by atoms with van der Waals surface area (Å²) in [5.41, 5.74) is -0.422. The van der Waals surface area contributed by atoms with Crippen LogP contribution in [0.25, 0.3) is 28.4 Å². The average molecular weight is 1070 g/mol. The maximum absolute atomic E-state index is 15.0. The van der Waals surface area contributed by atoms with Gasteiger partial charge in [-0.1, -0.05) is 44.8 Å². The molecule has 3 aromatic heterocycles.